The van der Waals surface area contributed by atoms with Crippen LogP contribution in [0.2, 0.25) is 0 Å². The maximum atomic E-state index is 12.4. The Morgan fingerprint density at radius 3 is 2.59 bits per heavy atom. The molecular weight excluding hydrogens is 366 g/mol. The summed E-state index contributed by atoms with van der Waals surface area (Å²) in [6, 6.07) is 15.4. The third-order valence-corrected chi connectivity index (χ3v) is 5.18. The van der Waals surface area contributed by atoms with E-state index < -0.39 is 5.97 Å². The third kappa shape index (κ3) is 4.80. The SMILES string of the molecule is O=C(CCC(=O)c1ccc2c(c1)CCCC2)OCc1coc(-c2ccccc2)n1. The second-order valence-corrected chi connectivity index (χ2v) is 7.28. The van der Waals surface area contributed by atoms with E-state index >= 15 is 0 Å². The van der Waals surface area contributed by atoms with Crippen LogP contribution in [0.1, 0.15) is 52.9 Å². The van der Waals surface area contributed by atoms with Gasteiger partial charge in [-0.2, -0.15) is 0 Å². The summed E-state index contributed by atoms with van der Waals surface area (Å²) in [5.41, 5.74) is 4.70. The number of esters is 1. The van der Waals surface area contributed by atoms with Gasteiger partial charge in [0.05, 0.1) is 6.42 Å². The molecule has 4 rings (SSSR count). The van der Waals surface area contributed by atoms with E-state index in [0.717, 1.165) is 18.4 Å². The quantitative estimate of drug-likeness (QED) is 0.423. The molecule has 0 fully saturated rings. The largest absolute Gasteiger partial charge is 0.459 e. The van der Waals surface area contributed by atoms with Crippen LogP contribution in [0.15, 0.2) is 59.2 Å². The van der Waals surface area contributed by atoms with Crippen molar-refractivity contribution in [3.8, 4) is 11.5 Å². The van der Waals surface area contributed by atoms with Crippen molar-refractivity contribution in [2.75, 3.05) is 0 Å². The molecule has 0 radical (unpaired) electrons. The van der Waals surface area contributed by atoms with Gasteiger partial charge in [-0.25, -0.2) is 4.98 Å². The van der Waals surface area contributed by atoms with Crippen LogP contribution in [0.5, 0.6) is 0 Å². The van der Waals surface area contributed by atoms with E-state index in [2.05, 4.69) is 11.1 Å². The molecule has 0 N–H and O–H groups in total. The van der Waals surface area contributed by atoms with Crippen LogP contribution < -0.4 is 0 Å². The Balaban J connectivity index is 1.26. The summed E-state index contributed by atoms with van der Waals surface area (Å²) in [5, 5.41) is 0. The Kier molecular flexibility index (Phi) is 5.84. The Labute approximate surface area is 169 Å². The Morgan fingerprint density at radius 1 is 0.966 bits per heavy atom. The number of fused-ring (bicyclic) bond motifs is 1. The third-order valence-electron chi connectivity index (χ3n) is 5.18. The smallest absolute Gasteiger partial charge is 0.306 e. The van der Waals surface area contributed by atoms with E-state index in [-0.39, 0.29) is 25.2 Å². The summed E-state index contributed by atoms with van der Waals surface area (Å²) in [5.74, 6) is 0.0444. The fraction of sp³-hybridized carbons (Fsp3) is 0.292. The van der Waals surface area contributed by atoms with Crippen LogP contribution in [0.25, 0.3) is 11.5 Å². The Hall–Kier alpha value is -3.21. The highest BCUT2D eigenvalue weighted by Gasteiger charge is 2.15. The molecule has 0 saturated heterocycles. The molecule has 0 spiro atoms. The second kappa shape index (κ2) is 8.86. The summed E-state index contributed by atoms with van der Waals surface area (Å²) >= 11 is 0. The number of benzene rings is 2. The molecule has 29 heavy (non-hydrogen) atoms. The van der Waals surface area contributed by atoms with E-state index in [1.165, 1.54) is 30.2 Å². The van der Waals surface area contributed by atoms with Crippen molar-refractivity contribution in [2.24, 2.45) is 0 Å². The highest BCUT2D eigenvalue weighted by molar-refractivity contribution is 5.97. The maximum Gasteiger partial charge on any atom is 0.306 e. The zero-order chi connectivity index (χ0) is 20.1. The molecule has 0 saturated carbocycles. The van der Waals surface area contributed by atoms with E-state index in [1.807, 2.05) is 42.5 Å². The lowest BCUT2D eigenvalue weighted by molar-refractivity contribution is -0.145. The normalized spacial score (nSPS) is 13.0. The molecule has 5 heteroatoms. The average molecular weight is 389 g/mol. The van der Waals surface area contributed by atoms with Crippen molar-refractivity contribution in [1.82, 2.24) is 4.98 Å². The molecule has 1 aliphatic rings. The molecule has 148 valence electrons. The minimum absolute atomic E-state index is 0.0249. The fourth-order valence-electron chi connectivity index (χ4n) is 3.58. The first kappa shape index (κ1) is 19.1. The minimum Gasteiger partial charge on any atom is -0.459 e. The van der Waals surface area contributed by atoms with Gasteiger partial charge >= 0.3 is 5.97 Å². The number of ether oxygens (including phenoxy) is 1. The molecule has 0 unspecified atom stereocenters. The highest BCUT2D eigenvalue weighted by atomic mass is 16.5. The monoisotopic (exact) mass is 389 g/mol. The molecule has 5 nitrogen and oxygen atoms in total. The van der Waals surface area contributed by atoms with Gasteiger partial charge in [-0.05, 0) is 55.0 Å². The first-order chi connectivity index (χ1) is 14.2. The molecule has 2 aromatic carbocycles. The number of Topliss-reactive ketones (excluding diaryl/α,β-unsaturated/α-hetero) is 1. The average Bonchev–Trinajstić information content (AvgIpc) is 3.25. The van der Waals surface area contributed by atoms with Crippen molar-refractivity contribution in [1.29, 1.82) is 0 Å². The van der Waals surface area contributed by atoms with Crippen LogP contribution in [0, 0.1) is 0 Å². The summed E-state index contributed by atoms with van der Waals surface area (Å²) in [4.78, 5) is 28.8. The van der Waals surface area contributed by atoms with Gasteiger partial charge in [0, 0.05) is 17.5 Å². The zero-order valence-corrected chi connectivity index (χ0v) is 16.2. The van der Waals surface area contributed by atoms with E-state index in [0.29, 0.717) is 17.1 Å². The molecule has 3 aromatic rings. The summed E-state index contributed by atoms with van der Waals surface area (Å²) in [6.07, 6.45) is 6.18. The van der Waals surface area contributed by atoms with Gasteiger partial charge in [0.2, 0.25) is 5.89 Å². The molecule has 0 amide bonds. The molecule has 0 aliphatic heterocycles. The number of ketones is 1. The lowest BCUT2D eigenvalue weighted by Gasteiger charge is -2.16. The van der Waals surface area contributed by atoms with Gasteiger partial charge < -0.3 is 9.15 Å². The first-order valence-electron chi connectivity index (χ1n) is 9.99. The number of oxazole rings is 1. The summed E-state index contributed by atoms with van der Waals surface area (Å²) in [6.45, 7) is 0.0300. The van der Waals surface area contributed by atoms with Gasteiger partial charge in [-0.1, -0.05) is 30.3 Å². The number of aryl methyl sites for hydroxylation is 2. The Morgan fingerprint density at radius 2 is 1.76 bits per heavy atom. The standard InChI is InChI=1S/C24H23NO4/c26-22(20-11-10-17-6-4-5-9-19(17)14-20)12-13-23(27)28-15-21-16-29-24(25-21)18-7-2-1-3-8-18/h1-3,7-8,10-11,14,16H,4-6,9,12-13,15H2. The van der Waals surface area contributed by atoms with E-state index in [4.69, 9.17) is 9.15 Å². The maximum absolute atomic E-state index is 12.4. The molecule has 1 aromatic heterocycles. The predicted octanol–water partition coefficient (Wildman–Crippen LogP) is 4.93. The Bertz CT molecular complexity index is 1010. The molecular formula is C24H23NO4. The summed E-state index contributed by atoms with van der Waals surface area (Å²) in [7, 11) is 0. The number of carbonyl (C=O) groups excluding carboxylic acids is 2. The van der Waals surface area contributed by atoms with Crippen molar-refractivity contribution < 1.29 is 18.7 Å². The molecule has 1 aliphatic carbocycles. The lowest BCUT2D eigenvalue weighted by atomic mass is 9.89. The van der Waals surface area contributed by atoms with Gasteiger partial charge in [0.25, 0.3) is 0 Å². The van der Waals surface area contributed by atoms with Crippen LogP contribution in [-0.4, -0.2) is 16.7 Å². The van der Waals surface area contributed by atoms with Crippen LogP contribution in [-0.2, 0) is 29.0 Å². The first-order valence-corrected chi connectivity index (χ1v) is 9.99. The lowest BCUT2D eigenvalue weighted by Crippen LogP contribution is -2.10. The van der Waals surface area contributed by atoms with Gasteiger partial charge in [-0.3, -0.25) is 9.59 Å². The number of hydrogen-bond acceptors (Lipinski definition) is 5. The van der Waals surface area contributed by atoms with Crippen molar-refractivity contribution in [3.63, 3.8) is 0 Å². The minimum atomic E-state index is -0.416. The predicted molar refractivity (Wildman–Crippen MR) is 108 cm³/mol. The summed E-state index contributed by atoms with van der Waals surface area (Å²) < 4.78 is 10.7. The second-order valence-electron chi connectivity index (χ2n) is 7.28. The van der Waals surface area contributed by atoms with Crippen molar-refractivity contribution >= 4 is 11.8 Å². The van der Waals surface area contributed by atoms with E-state index in [1.54, 1.807) is 0 Å². The molecule has 0 atom stereocenters. The van der Waals surface area contributed by atoms with Gasteiger partial charge in [-0.15, -0.1) is 0 Å². The number of carbonyl (C=O) groups is 2. The zero-order valence-electron chi connectivity index (χ0n) is 16.2. The van der Waals surface area contributed by atoms with Crippen LogP contribution in [0.4, 0.5) is 0 Å². The van der Waals surface area contributed by atoms with Gasteiger partial charge in [0.15, 0.2) is 5.78 Å². The number of nitrogens with zero attached hydrogens (tertiary/aromatic N) is 1. The van der Waals surface area contributed by atoms with Crippen molar-refractivity contribution in [2.45, 2.75) is 45.1 Å². The van der Waals surface area contributed by atoms with Crippen LogP contribution in [0.3, 0.4) is 0 Å². The van der Waals surface area contributed by atoms with Crippen LogP contribution >= 0.6 is 0 Å². The number of aromatic nitrogens is 1. The highest BCUT2D eigenvalue weighted by Crippen LogP contribution is 2.23. The molecule has 0 bridgehead atoms. The number of hydrogen-bond donors (Lipinski definition) is 0. The van der Waals surface area contributed by atoms with E-state index in [9.17, 15) is 9.59 Å². The fourth-order valence-corrected chi connectivity index (χ4v) is 3.58. The number of rotatable bonds is 7. The van der Waals surface area contributed by atoms with Gasteiger partial charge in [0.1, 0.15) is 18.6 Å². The topological polar surface area (TPSA) is 69.4 Å². The molecule has 1 heterocycles. The van der Waals surface area contributed by atoms with Crippen molar-refractivity contribution in [3.05, 3.63) is 77.2 Å².